The largest absolute Gasteiger partial charge is 0.392 e. The predicted octanol–water partition coefficient (Wildman–Crippen LogP) is 2.70. The average molecular weight is 309 g/mol. The number of hydrogen-bond donors (Lipinski definition) is 2. The molecular formula is C14H15NO3S2. The summed E-state index contributed by atoms with van der Waals surface area (Å²) in [5, 5.41) is 8.95. The quantitative estimate of drug-likeness (QED) is 0.833. The lowest BCUT2D eigenvalue weighted by Gasteiger charge is -2.09. The highest BCUT2D eigenvalue weighted by molar-refractivity contribution is 7.98. The Hall–Kier alpha value is -1.50. The topological polar surface area (TPSA) is 66.4 Å². The number of nitrogens with one attached hydrogen (secondary N) is 1. The van der Waals surface area contributed by atoms with Gasteiger partial charge in [-0.2, -0.15) is 0 Å². The summed E-state index contributed by atoms with van der Waals surface area (Å²) in [5.41, 5.74) is 1.20. The summed E-state index contributed by atoms with van der Waals surface area (Å²) in [4.78, 5) is 1.24. The van der Waals surface area contributed by atoms with Gasteiger partial charge in [-0.3, -0.25) is 4.72 Å². The summed E-state index contributed by atoms with van der Waals surface area (Å²) in [7, 11) is -3.60. The van der Waals surface area contributed by atoms with Gasteiger partial charge in [-0.1, -0.05) is 12.1 Å². The Morgan fingerprint density at radius 2 is 1.65 bits per heavy atom. The number of aliphatic hydroxyl groups is 1. The molecular weight excluding hydrogens is 294 g/mol. The van der Waals surface area contributed by atoms with E-state index in [1.165, 1.54) is 12.1 Å². The molecule has 0 heterocycles. The minimum Gasteiger partial charge on any atom is -0.392 e. The monoisotopic (exact) mass is 309 g/mol. The van der Waals surface area contributed by atoms with Crippen molar-refractivity contribution in [1.82, 2.24) is 0 Å². The van der Waals surface area contributed by atoms with Gasteiger partial charge < -0.3 is 5.11 Å². The third-order valence-electron chi connectivity index (χ3n) is 2.76. The molecule has 0 aliphatic carbocycles. The van der Waals surface area contributed by atoms with Crippen LogP contribution in [-0.2, 0) is 16.6 Å². The van der Waals surface area contributed by atoms with Gasteiger partial charge in [0, 0.05) is 10.6 Å². The molecule has 0 radical (unpaired) electrons. The van der Waals surface area contributed by atoms with E-state index in [-0.39, 0.29) is 11.5 Å². The van der Waals surface area contributed by atoms with Gasteiger partial charge >= 0.3 is 0 Å². The molecule has 20 heavy (non-hydrogen) atoms. The van der Waals surface area contributed by atoms with E-state index in [0.717, 1.165) is 4.90 Å². The lowest BCUT2D eigenvalue weighted by Crippen LogP contribution is -2.12. The number of rotatable bonds is 5. The molecule has 0 aromatic heterocycles. The summed E-state index contributed by atoms with van der Waals surface area (Å²) in [6.45, 7) is -0.107. The second kappa shape index (κ2) is 6.30. The maximum absolute atomic E-state index is 12.2. The van der Waals surface area contributed by atoms with E-state index in [1.807, 2.05) is 18.4 Å². The van der Waals surface area contributed by atoms with Crippen LogP contribution in [0.4, 0.5) is 5.69 Å². The molecule has 2 rings (SSSR count). The maximum atomic E-state index is 12.2. The van der Waals surface area contributed by atoms with Crippen LogP contribution in [0.25, 0.3) is 0 Å². The highest BCUT2D eigenvalue weighted by Gasteiger charge is 2.13. The van der Waals surface area contributed by atoms with Crippen LogP contribution in [0.1, 0.15) is 5.56 Å². The average Bonchev–Trinajstić information content (AvgIpc) is 2.48. The van der Waals surface area contributed by atoms with Gasteiger partial charge in [0.25, 0.3) is 10.0 Å². The summed E-state index contributed by atoms with van der Waals surface area (Å²) < 4.78 is 26.9. The molecule has 106 valence electrons. The third kappa shape index (κ3) is 3.53. The SMILES string of the molecule is CSc1ccc(NS(=O)(=O)c2ccc(CO)cc2)cc1. The first-order chi connectivity index (χ1) is 9.55. The van der Waals surface area contributed by atoms with Gasteiger partial charge in [0.1, 0.15) is 0 Å². The van der Waals surface area contributed by atoms with Crippen molar-refractivity contribution in [2.75, 3.05) is 11.0 Å². The van der Waals surface area contributed by atoms with Crippen molar-refractivity contribution in [2.24, 2.45) is 0 Å². The van der Waals surface area contributed by atoms with Crippen molar-refractivity contribution < 1.29 is 13.5 Å². The molecule has 2 aromatic carbocycles. The van der Waals surface area contributed by atoms with Crippen molar-refractivity contribution in [3.8, 4) is 0 Å². The molecule has 0 aliphatic rings. The van der Waals surface area contributed by atoms with Crippen LogP contribution in [0.3, 0.4) is 0 Å². The van der Waals surface area contributed by atoms with Crippen molar-refractivity contribution >= 4 is 27.5 Å². The van der Waals surface area contributed by atoms with E-state index in [9.17, 15) is 8.42 Å². The van der Waals surface area contributed by atoms with Crippen molar-refractivity contribution in [1.29, 1.82) is 0 Å². The lowest BCUT2D eigenvalue weighted by molar-refractivity contribution is 0.282. The third-order valence-corrected chi connectivity index (χ3v) is 4.90. The Kier molecular flexibility index (Phi) is 4.69. The molecule has 0 atom stereocenters. The molecule has 0 aliphatic heterocycles. The van der Waals surface area contributed by atoms with E-state index >= 15 is 0 Å². The Bertz CT molecular complexity index is 665. The van der Waals surface area contributed by atoms with Crippen LogP contribution in [0.15, 0.2) is 58.3 Å². The molecule has 0 saturated carbocycles. The summed E-state index contributed by atoms with van der Waals surface area (Å²) >= 11 is 1.60. The lowest BCUT2D eigenvalue weighted by atomic mass is 10.2. The van der Waals surface area contributed by atoms with Crippen molar-refractivity contribution in [2.45, 2.75) is 16.4 Å². The van der Waals surface area contributed by atoms with Gasteiger partial charge in [0.2, 0.25) is 0 Å². The fourth-order valence-corrected chi connectivity index (χ4v) is 3.11. The van der Waals surface area contributed by atoms with Gasteiger partial charge in [-0.05, 0) is 48.2 Å². The molecule has 0 unspecified atom stereocenters. The molecule has 0 bridgehead atoms. The molecule has 2 aromatic rings. The summed E-state index contributed by atoms with van der Waals surface area (Å²) in [5.74, 6) is 0. The van der Waals surface area contributed by atoms with Crippen LogP contribution >= 0.6 is 11.8 Å². The number of anilines is 1. The smallest absolute Gasteiger partial charge is 0.261 e. The van der Waals surface area contributed by atoms with Crippen LogP contribution in [-0.4, -0.2) is 19.8 Å². The summed E-state index contributed by atoms with van der Waals surface area (Å²) in [6, 6.07) is 13.3. The standard InChI is InChI=1S/C14H15NO3S2/c1-19-13-6-4-12(5-7-13)15-20(17,18)14-8-2-11(10-16)3-9-14/h2-9,15-16H,10H2,1H3. The Labute approximate surface area is 122 Å². The zero-order valence-corrected chi connectivity index (χ0v) is 12.5. The van der Waals surface area contributed by atoms with Gasteiger partial charge in [0.05, 0.1) is 11.5 Å². The second-order valence-electron chi connectivity index (χ2n) is 4.14. The maximum Gasteiger partial charge on any atom is 0.261 e. The molecule has 0 spiro atoms. The molecule has 0 fully saturated rings. The fourth-order valence-electron chi connectivity index (χ4n) is 1.65. The molecule has 0 saturated heterocycles. The minimum atomic E-state index is -3.60. The molecule has 6 heteroatoms. The zero-order chi connectivity index (χ0) is 14.6. The van der Waals surface area contributed by atoms with Gasteiger partial charge in [-0.15, -0.1) is 11.8 Å². The normalized spacial score (nSPS) is 11.3. The van der Waals surface area contributed by atoms with Crippen molar-refractivity contribution in [3.05, 3.63) is 54.1 Å². The van der Waals surface area contributed by atoms with E-state index in [0.29, 0.717) is 11.3 Å². The van der Waals surface area contributed by atoms with E-state index in [4.69, 9.17) is 5.11 Å². The first-order valence-corrected chi connectivity index (χ1v) is 8.62. The zero-order valence-electron chi connectivity index (χ0n) is 10.9. The second-order valence-corrected chi connectivity index (χ2v) is 6.70. The minimum absolute atomic E-state index is 0.107. The predicted molar refractivity (Wildman–Crippen MR) is 81.4 cm³/mol. The van der Waals surface area contributed by atoms with Crippen LogP contribution < -0.4 is 4.72 Å². The van der Waals surface area contributed by atoms with Crippen molar-refractivity contribution in [3.63, 3.8) is 0 Å². The van der Waals surface area contributed by atoms with E-state index in [1.54, 1.807) is 36.0 Å². The molecule has 4 nitrogen and oxygen atoms in total. The van der Waals surface area contributed by atoms with Crippen LogP contribution in [0.5, 0.6) is 0 Å². The van der Waals surface area contributed by atoms with Gasteiger partial charge in [0.15, 0.2) is 0 Å². The fraction of sp³-hybridized carbons (Fsp3) is 0.143. The Balaban J connectivity index is 2.20. The number of hydrogen-bond acceptors (Lipinski definition) is 4. The van der Waals surface area contributed by atoms with Gasteiger partial charge in [-0.25, -0.2) is 8.42 Å². The number of benzene rings is 2. The Morgan fingerprint density at radius 3 is 2.15 bits per heavy atom. The van der Waals surface area contributed by atoms with Crippen LogP contribution in [0.2, 0.25) is 0 Å². The first-order valence-electron chi connectivity index (χ1n) is 5.92. The highest BCUT2D eigenvalue weighted by atomic mass is 32.2. The number of sulfonamides is 1. The Morgan fingerprint density at radius 1 is 1.05 bits per heavy atom. The molecule has 2 N–H and O–H groups in total. The van der Waals surface area contributed by atoms with E-state index in [2.05, 4.69) is 4.72 Å². The number of aliphatic hydroxyl groups excluding tert-OH is 1. The molecule has 0 amide bonds. The number of thioether (sulfide) groups is 1. The highest BCUT2D eigenvalue weighted by Crippen LogP contribution is 2.20. The first kappa shape index (κ1) is 14.9. The van der Waals surface area contributed by atoms with Crippen LogP contribution in [0, 0.1) is 0 Å². The van der Waals surface area contributed by atoms with E-state index < -0.39 is 10.0 Å². The summed E-state index contributed by atoms with van der Waals surface area (Å²) in [6.07, 6.45) is 1.96.